The number of rotatable bonds is 4. The van der Waals surface area contributed by atoms with E-state index < -0.39 is 5.66 Å². The Balaban J connectivity index is 1.59. The maximum Gasteiger partial charge on any atom is 0.317 e. The zero-order chi connectivity index (χ0) is 19.4. The molecule has 2 amide bonds. The number of nitrogens with two attached hydrogens (primary N) is 2. The molecule has 2 aliphatic heterocycles. The Kier molecular flexibility index (Phi) is 6.08. The molecule has 1 spiro atoms. The lowest BCUT2D eigenvalue weighted by molar-refractivity contribution is 0.0631. The normalized spacial score (nSPS) is 27.9. The van der Waals surface area contributed by atoms with Crippen LogP contribution in [-0.2, 0) is 4.74 Å². The van der Waals surface area contributed by atoms with Crippen molar-refractivity contribution in [2.75, 3.05) is 33.4 Å². The molecule has 5 N–H and O–H groups in total. The maximum absolute atomic E-state index is 12.7. The second-order valence-corrected chi connectivity index (χ2v) is 7.96. The number of aliphatic imine (C=N–C) groups is 2. The Morgan fingerprint density at radius 1 is 1.26 bits per heavy atom. The number of guanidine groups is 2. The molecule has 1 aliphatic carbocycles. The number of nitrogens with one attached hydrogen (secondary N) is 1. The zero-order valence-electron chi connectivity index (χ0n) is 16.5. The molecule has 0 aromatic rings. The first-order valence-corrected chi connectivity index (χ1v) is 9.95. The molecule has 2 heterocycles. The van der Waals surface area contributed by atoms with E-state index in [4.69, 9.17) is 16.2 Å². The van der Waals surface area contributed by atoms with Gasteiger partial charge in [-0.1, -0.05) is 6.92 Å². The highest BCUT2D eigenvalue weighted by atomic mass is 16.5. The first-order chi connectivity index (χ1) is 12.9. The van der Waals surface area contributed by atoms with Gasteiger partial charge in [0.25, 0.3) is 0 Å². The average Bonchev–Trinajstić information content (AvgIpc) is 2.63. The number of methoxy groups -OCH3 is 1. The minimum atomic E-state index is -0.536. The molecule has 3 rings (SSSR count). The lowest BCUT2D eigenvalue weighted by Crippen LogP contribution is -2.62. The topological polar surface area (TPSA) is 122 Å². The van der Waals surface area contributed by atoms with E-state index in [1.807, 2.05) is 9.80 Å². The van der Waals surface area contributed by atoms with Crippen LogP contribution >= 0.6 is 0 Å². The fraction of sp³-hybridized carbons (Fsp3) is 0.833. The van der Waals surface area contributed by atoms with E-state index in [0.29, 0.717) is 51.1 Å². The van der Waals surface area contributed by atoms with Crippen LogP contribution in [0.2, 0.25) is 0 Å². The Bertz CT molecular complexity index is 591. The van der Waals surface area contributed by atoms with E-state index in [0.717, 1.165) is 18.8 Å². The first kappa shape index (κ1) is 19.7. The molecule has 0 atom stereocenters. The number of urea groups is 1. The molecule has 0 bridgehead atoms. The second-order valence-electron chi connectivity index (χ2n) is 7.96. The minimum absolute atomic E-state index is 0.0299. The maximum atomic E-state index is 12.7. The molecular weight excluding hydrogens is 346 g/mol. The van der Waals surface area contributed by atoms with Crippen LogP contribution < -0.4 is 16.8 Å². The zero-order valence-corrected chi connectivity index (χ0v) is 16.5. The molecule has 0 radical (unpaired) electrons. The summed E-state index contributed by atoms with van der Waals surface area (Å²) in [6.07, 6.45) is 5.86. The number of hydrogen-bond acceptors (Lipinski definition) is 7. The van der Waals surface area contributed by atoms with Crippen molar-refractivity contribution in [2.45, 2.75) is 57.2 Å². The van der Waals surface area contributed by atoms with Gasteiger partial charge in [-0.2, -0.15) is 4.99 Å². The Morgan fingerprint density at radius 2 is 1.93 bits per heavy atom. The fourth-order valence-electron chi connectivity index (χ4n) is 4.31. The molecule has 1 saturated heterocycles. The van der Waals surface area contributed by atoms with E-state index in [-0.39, 0.29) is 12.0 Å². The van der Waals surface area contributed by atoms with Crippen molar-refractivity contribution >= 4 is 18.0 Å². The van der Waals surface area contributed by atoms with Crippen molar-refractivity contribution in [3.63, 3.8) is 0 Å². The summed E-state index contributed by atoms with van der Waals surface area (Å²) in [6.45, 7) is 4.63. The number of likely N-dealkylation sites (tertiary alicyclic amines) is 1. The quantitative estimate of drug-likeness (QED) is 0.662. The lowest BCUT2D eigenvalue weighted by Gasteiger charge is -2.48. The molecule has 0 unspecified atom stereocenters. The van der Waals surface area contributed by atoms with Gasteiger partial charge in [-0.05, 0) is 31.6 Å². The van der Waals surface area contributed by atoms with E-state index >= 15 is 0 Å². The summed E-state index contributed by atoms with van der Waals surface area (Å²) in [5.74, 6) is 1.34. The van der Waals surface area contributed by atoms with Gasteiger partial charge in [0.2, 0.25) is 11.9 Å². The molecule has 152 valence electrons. The molecule has 9 nitrogen and oxygen atoms in total. The highest BCUT2D eigenvalue weighted by Gasteiger charge is 2.44. The van der Waals surface area contributed by atoms with Gasteiger partial charge in [0.1, 0.15) is 5.66 Å². The van der Waals surface area contributed by atoms with Crippen molar-refractivity contribution < 1.29 is 9.53 Å². The summed E-state index contributed by atoms with van der Waals surface area (Å²) in [5.41, 5.74) is 11.5. The number of amides is 2. The van der Waals surface area contributed by atoms with Crippen LogP contribution in [0.3, 0.4) is 0 Å². The van der Waals surface area contributed by atoms with Crippen molar-refractivity contribution in [3.05, 3.63) is 0 Å². The Morgan fingerprint density at radius 3 is 2.56 bits per heavy atom. The van der Waals surface area contributed by atoms with Gasteiger partial charge in [-0.15, -0.1) is 0 Å². The van der Waals surface area contributed by atoms with Crippen LogP contribution in [0.15, 0.2) is 9.98 Å². The third-order valence-electron chi connectivity index (χ3n) is 6.04. The second kappa shape index (κ2) is 8.33. The first-order valence-electron chi connectivity index (χ1n) is 9.95. The third kappa shape index (κ3) is 4.45. The van der Waals surface area contributed by atoms with Crippen LogP contribution in [0.5, 0.6) is 0 Å². The number of carbonyl (C=O) groups is 1. The summed E-state index contributed by atoms with van der Waals surface area (Å²) in [5, 5.41) is 3.21. The van der Waals surface area contributed by atoms with Crippen LogP contribution in [0, 0.1) is 5.92 Å². The van der Waals surface area contributed by atoms with Crippen molar-refractivity contribution in [2.24, 2.45) is 27.4 Å². The summed E-state index contributed by atoms with van der Waals surface area (Å²) in [7, 11) is 1.65. The van der Waals surface area contributed by atoms with Gasteiger partial charge in [-0.25, -0.2) is 9.79 Å². The smallest absolute Gasteiger partial charge is 0.317 e. The predicted molar refractivity (Wildman–Crippen MR) is 105 cm³/mol. The van der Waals surface area contributed by atoms with E-state index in [2.05, 4.69) is 22.2 Å². The van der Waals surface area contributed by atoms with Crippen molar-refractivity contribution in [3.8, 4) is 0 Å². The highest BCUT2D eigenvalue weighted by Crippen LogP contribution is 2.32. The van der Waals surface area contributed by atoms with Gasteiger partial charge < -0.3 is 31.3 Å². The van der Waals surface area contributed by atoms with E-state index in [1.165, 1.54) is 12.8 Å². The fourth-order valence-corrected chi connectivity index (χ4v) is 4.31. The molecule has 0 aromatic heterocycles. The van der Waals surface area contributed by atoms with Crippen LogP contribution in [0.4, 0.5) is 4.79 Å². The summed E-state index contributed by atoms with van der Waals surface area (Å²) >= 11 is 0. The number of nitrogens with zero attached hydrogens (tertiary/aromatic N) is 4. The third-order valence-corrected chi connectivity index (χ3v) is 6.04. The molecule has 0 aromatic carbocycles. The number of ether oxygens (including phenoxy) is 1. The SMILES string of the molecule is COCCN1C(N)=NC(N)=NC12CCN(C(=O)NC1CCC(C)CC1)CC2. The number of hydrogen-bond donors (Lipinski definition) is 3. The summed E-state index contributed by atoms with van der Waals surface area (Å²) in [4.78, 5) is 25.2. The molecule has 9 heteroatoms. The van der Waals surface area contributed by atoms with Gasteiger partial charge >= 0.3 is 6.03 Å². The predicted octanol–water partition coefficient (Wildman–Crippen LogP) is 0.658. The van der Waals surface area contributed by atoms with Crippen molar-refractivity contribution in [1.82, 2.24) is 15.1 Å². The Hall–Kier alpha value is -2.03. The monoisotopic (exact) mass is 379 g/mol. The van der Waals surface area contributed by atoms with Crippen LogP contribution in [0.1, 0.15) is 45.4 Å². The van der Waals surface area contributed by atoms with Gasteiger partial charge in [-0.3, -0.25) is 0 Å². The van der Waals surface area contributed by atoms with Crippen LogP contribution in [-0.4, -0.2) is 72.8 Å². The Labute approximate surface area is 161 Å². The average molecular weight is 380 g/mol. The standard InChI is InChI=1S/C18H33N7O2/c1-13-3-5-14(6-4-13)21-17(26)24-9-7-18(8-10-24)23-15(19)22-16(20)25(18)11-12-27-2/h13-14H,3-12H2,1-2H3,(H,21,26)(H4,19,20,22,23). The van der Waals surface area contributed by atoms with E-state index in [9.17, 15) is 4.79 Å². The summed E-state index contributed by atoms with van der Waals surface area (Å²) in [6, 6.07) is 0.330. The van der Waals surface area contributed by atoms with E-state index in [1.54, 1.807) is 7.11 Å². The van der Waals surface area contributed by atoms with Crippen molar-refractivity contribution in [1.29, 1.82) is 0 Å². The van der Waals surface area contributed by atoms with Crippen LogP contribution in [0.25, 0.3) is 0 Å². The molecule has 3 aliphatic rings. The minimum Gasteiger partial charge on any atom is -0.383 e. The molecule has 2 fully saturated rings. The van der Waals surface area contributed by atoms with Gasteiger partial charge in [0.15, 0.2) is 0 Å². The molecular formula is C18H33N7O2. The molecule has 27 heavy (non-hydrogen) atoms. The lowest BCUT2D eigenvalue weighted by atomic mass is 9.87. The summed E-state index contributed by atoms with van der Waals surface area (Å²) < 4.78 is 5.20. The van der Waals surface area contributed by atoms with Gasteiger partial charge in [0, 0.05) is 45.6 Å². The largest absolute Gasteiger partial charge is 0.383 e. The molecule has 1 saturated carbocycles. The number of piperidine rings is 1. The van der Waals surface area contributed by atoms with Gasteiger partial charge in [0.05, 0.1) is 6.61 Å². The highest BCUT2D eigenvalue weighted by molar-refractivity contribution is 5.95. The number of carbonyl (C=O) groups excluding carboxylic acids is 1.